The van der Waals surface area contributed by atoms with Gasteiger partial charge in [0.15, 0.2) is 0 Å². The highest BCUT2D eigenvalue weighted by atomic mass is 16.6. The van der Waals surface area contributed by atoms with Crippen LogP contribution in [-0.2, 0) is 56.8 Å². The van der Waals surface area contributed by atoms with Gasteiger partial charge in [-0.3, -0.25) is 0 Å². The highest BCUT2D eigenvalue weighted by Crippen LogP contribution is 1.86. The van der Waals surface area contributed by atoms with Crippen molar-refractivity contribution < 1.29 is 56.8 Å². The first kappa shape index (κ1) is 43.3. The van der Waals surface area contributed by atoms with Gasteiger partial charge in [0.05, 0.1) is 132 Å². The van der Waals surface area contributed by atoms with Crippen LogP contribution in [0.2, 0.25) is 0 Å². The molecule has 48 heavy (non-hydrogen) atoms. The quantitative estimate of drug-likeness (QED) is 0.346. The molecule has 1 aliphatic heterocycles. The minimum Gasteiger partial charge on any atom is -0.377 e. The molecular weight excluding hydrogens is 624 g/mol. The van der Waals surface area contributed by atoms with Crippen molar-refractivity contribution in [3.63, 3.8) is 0 Å². The average molecular weight is 677 g/mol. The maximum atomic E-state index is 5.47. The van der Waals surface area contributed by atoms with Crippen LogP contribution in [-0.4, -0.2) is 159 Å². The van der Waals surface area contributed by atoms with E-state index >= 15 is 0 Å². The Hall–Kier alpha value is -2.76. The smallest absolute Gasteiger partial charge is 0.108 e. The van der Waals surface area contributed by atoms with Crippen molar-refractivity contribution in [2.45, 2.75) is 0 Å². The van der Waals surface area contributed by atoms with E-state index in [1.807, 2.05) is 0 Å². The Balaban J connectivity index is 2.17. The Bertz CT molecular complexity index is 855. The minimum absolute atomic E-state index is 0.322. The lowest BCUT2D eigenvalue weighted by atomic mass is 10.4. The van der Waals surface area contributed by atoms with Crippen molar-refractivity contribution in [2.24, 2.45) is 0 Å². The fourth-order valence-corrected chi connectivity index (χ4v) is 3.06. The van der Waals surface area contributed by atoms with Crippen LogP contribution >= 0.6 is 0 Å². The van der Waals surface area contributed by atoms with Crippen molar-refractivity contribution >= 4 is 0 Å². The summed E-state index contributed by atoms with van der Waals surface area (Å²) >= 11 is 0. The van der Waals surface area contributed by atoms with Crippen LogP contribution in [0.5, 0.6) is 0 Å². The molecule has 0 saturated heterocycles. The zero-order chi connectivity index (χ0) is 33.9. The molecule has 0 spiro atoms. The van der Waals surface area contributed by atoms with Gasteiger partial charge in [0, 0.05) is 0 Å². The minimum atomic E-state index is 0.322. The molecule has 0 bridgehead atoms. The fraction of sp³-hybridized carbons (Fsp3) is 0.667. The molecule has 0 aromatic heterocycles. The first-order chi connectivity index (χ1) is 24.0. The largest absolute Gasteiger partial charge is 0.377 e. The van der Waals surface area contributed by atoms with Crippen LogP contribution < -0.4 is 0 Å². The van der Waals surface area contributed by atoms with Gasteiger partial charge >= 0.3 is 0 Å². The molecular formula is C36H52O12. The van der Waals surface area contributed by atoms with Crippen molar-refractivity contribution in [1.82, 2.24) is 0 Å². The summed E-state index contributed by atoms with van der Waals surface area (Å²) in [5.41, 5.74) is 0. The standard InChI is InChI=1S/C36H52O12/c1-2-6-10-14-38-18-22-42-26-30-46-35-36-48-32-28-44-24-20-40-16-12-8-4-3-7-11-15-39-19-23-43-27-31-47-34-33-45-29-25-41-21-17-37-13-9-5-1/h1-4H,13-36H2/b2-1-,4-3-. The van der Waals surface area contributed by atoms with Crippen LogP contribution in [0.1, 0.15) is 0 Å². The maximum Gasteiger partial charge on any atom is 0.108 e. The highest BCUT2D eigenvalue weighted by Gasteiger charge is 1.95. The second-order valence-corrected chi connectivity index (χ2v) is 9.06. The van der Waals surface area contributed by atoms with E-state index < -0.39 is 0 Å². The van der Waals surface area contributed by atoms with Crippen LogP contribution in [0, 0.1) is 47.4 Å². The van der Waals surface area contributed by atoms with Crippen LogP contribution in [0.4, 0.5) is 0 Å². The maximum absolute atomic E-state index is 5.47. The summed E-state index contributed by atoms with van der Waals surface area (Å²) in [6.07, 6.45) is 6.69. The topological polar surface area (TPSA) is 111 Å². The Labute approximate surface area is 286 Å². The van der Waals surface area contributed by atoms with Gasteiger partial charge in [-0.05, 0) is 24.3 Å². The number of rotatable bonds is 0. The summed E-state index contributed by atoms with van der Waals surface area (Å²) in [5, 5.41) is 0. The molecule has 1 aliphatic rings. The second-order valence-electron chi connectivity index (χ2n) is 9.06. The van der Waals surface area contributed by atoms with Crippen molar-refractivity contribution in [2.75, 3.05) is 159 Å². The first-order valence-corrected chi connectivity index (χ1v) is 16.2. The number of hydrogen-bond acceptors (Lipinski definition) is 12. The van der Waals surface area contributed by atoms with Crippen LogP contribution in [0.3, 0.4) is 0 Å². The summed E-state index contributed by atoms with van der Waals surface area (Å²) in [4.78, 5) is 0. The third-order valence-electron chi connectivity index (χ3n) is 5.33. The lowest BCUT2D eigenvalue weighted by Gasteiger charge is -2.07. The Morgan fingerprint density at radius 3 is 0.521 bits per heavy atom. The number of allylic oxidation sites excluding steroid dienone is 4. The van der Waals surface area contributed by atoms with Gasteiger partial charge in [-0.25, -0.2) is 0 Å². The van der Waals surface area contributed by atoms with Gasteiger partial charge in [0.1, 0.15) is 26.4 Å². The molecule has 0 aromatic rings. The molecule has 0 amide bonds. The monoisotopic (exact) mass is 676 g/mol. The zero-order valence-electron chi connectivity index (χ0n) is 28.2. The normalized spacial score (nSPS) is 22.0. The molecule has 1 rings (SSSR count). The number of hydrogen-bond donors (Lipinski definition) is 0. The van der Waals surface area contributed by atoms with Gasteiger partial charge < -0.3 is 56.8 Å². The summed E-state index contributed by atoms with van der Waals surface area (Å²) in [6.45, 7) is 10.9. The summed E-state index contributed by atoms with van der Waals surface area (Å²) in [7, 11) is 0. The molecule has 0 radical (unpaired) electrons. The van der Waals surface area contributed by atoms with E-state index in [4.69, 9.17) is 56.8 Å². The molecule has 12 nitrogen and oxygen atoms in total. The molecule has 0 aliphatic carbocycles. The molecule has 0 fully saturated rings. The van der Waals surface area contributed by atoms with E-state index in [9.17, 15) is 0 Å². The Morgan fingerprint density at radius 1 is 0.208 bits per heavy atom. The van der Waals surface area contributed by atoms with Crippen LogP contribution in [0.15, 0.2) is 24.3 Å². The summed E-state index contributed by atoms with van der Waals surface area (Å²) in [6, 6.07) is 0. The third-order valence-corrected chi connectivity index (χ3v) is 5.33. The van der Waals surface area contributed by atoms with E-state index in [0.29, 0.717) is 159 Å². The second kappa shape index (κ2) is 40.4. The van der Waals surface area contributed by atoms with Crippen molar-refractivity contribution in [1.29, 1.82) is 0 Å². The molecule has 0 unspecified atom stereocenters. The molecule has 12 heteroatoms. The lowest BCUT2D eigenvalue weighted by molar-refractivity contribution is -0.0142. The predicted molar refractivity (Wildman–Crippen MR) is 179 cm³/mol. The van der Waals surface area contributed by atoms with Crippen molar-refractivity contribution in [3.05, 3.63) is 24.3 Å². The number of ether oxygens (including phenoxy) is 12. The molecule has 268 valence electrons. The van der Waals surface area contributed by atoms with Gasteiger partial charge in [0.2, 0.25) is 0 Å². The molecule has 0 saturated carbocycles. The van der Waals surface area contributed by atoms with Crippen LogP contribution in [0.25, 0.3) is 0 Å². The van der Waals surface area contributed by atoms with E-state index in [0.717, 1.165) is 0 Å². The summed E-state index contributed by atoms with van der Waals surface area (Å²) in [5.74, 6) is 23.0. The van der Waals surface area contributed by atoms with Gasteiger partial charge in [-0.15, -0.1) is 0 Å². The van der Waals surface area contributed by atoms with E-state index in [1.54, 1.807) is 24.3 Å². The predicted octanol–water partition coefficient (Wildman–Crippen LogP) is 1.33. The van der Waals surface area contributed by atoms with E-state index in [2.05, 4.69) is 47.4 Å². The van der Waals surface area contributed by atoms with Gasteiger partial charge in [0.25, 0.3) is 0 Å². The first-order valence-electron chi connectivity index (χ1n) is 16.2. The van der Waals surface area contributed by atoms with E-state index in [1.165, 1.54) is 0 Å². The molecule has 1 heterocycles. The molecule has 0 atom stereocenters. The lowest BCUT2D eigenvalue weighted by Crippen LogP contribution is -2.14. The third kappa shape index (κ3) is 37.7. The summed E-state index contributed by atoms with van der Waals surface area (Å²) < 4.78 is 65.4. The highest BCUT2D eigenvalue weighted by molar-refractivity contribution is 5.25. The van der Waals surface area contributed by atoms with Crippen molar-refractivity contribution in [3.8, 4) is 47.4 Å². The fourth-order valence-electron chi connectivity index (χ4n) is 3.06. The SMILES string of the molecule is C1#CCOCCOCCOCCOCCOCCOCC#C/C=C\C#CCOCCOCCOCCOCCOCCOCC#C/C=C\1. The van der Waals surface area contributed by atoms with E-state index in [-0.39, 0.29) is 0 Å². The zero-order valence-corrected chi connectivity index (χ0v) is 28.2. The molecule has 0 N–H and O–H groups in total. The van der Waals surface area contributed by atoms with Gasteiger partial charge in [-0.1, -0.05) is 47.4 Å². The van der Waals surface area contributed by atoms with Gasteiger partial charge in [-0.2, -0.15) is 0 Å². The Kier molecular flexibility index (Phi) is 36.4. The average Bonchev–Trinajstić information content (AvgIpc) is 3.10. The Morgan fingerprint density at radius 2 is 0.354 bits per heavy atom. The molecule has 0 aromatic carbocycles.